The van der Waals surface area contributed by atoms with Crippen LogP contribution in [0.5, 0.6) is 0 Å². The molecule has 0 spiro atoms. The predicted octanol–water partition coefficient (Wildman–Crippen LogP) is 2.28. The van der Waals surface area contributed by atoms with Gasteiger partial charge in [0.15, 0.2) is 15.7 Å². The summed E-state index contributed by atoms with van der Waals surface area (Å²) in [5.74, 6) is 0.308. The second-order valence-corrected chi connectivity index (χ2v) is 7.41. The van der Waals surface area contributed by atoms with Gasteiger partial charge < -0.3 is 0 Å². The molecule has 0 aliphatic rings. The Morgan fingerprint density at radius 1 is 1.13 bits per heavy atom. The summed E-state index contributed by atoms with van der Waals surface area (Å²) in [5, 5.41) is 3.41. The summed E-state index contributed by atoms with van der Waals surface area (Å²) in [6.07, 6.45) is 3.89. The predicted molar refractivity (Wildman–Crippen MR) is 87.7 cm³/mol. The van der Waals surface area contributed by atoms with Gasteiger partial charge in [0.2, 0.25) is 0 Å². The number of nitrogens with zero attached hydrogens (tertiary/aromatic N) is 2. The Morgan fingerprint density at radius 2 is 1.83 bits per heavy atom. The summed E-state index contributed by atoms with van der Waals surface area (Å²) >= 11 is 5.84. The molecular formula is C15H12ClN3O3S. The molecule has 1 aromatic carbocycles. The molecule has 23 heavy (non-hydrogen) atoms. The van der Waals surface area contributed by atoms with Crippen molar-refractivity contribution in [2.24, 2.45) is 0 Å². The fourth-order valence-corrected chi connectivity index (χ4v) is 2.79. The van der Waals surface area contributed by atoms with E-state index < -0.39 is 9.84 Å². The Morgan fingerprint density at radius 3 is 2.39 bits per heavy atom. The lowest BCUT2D eigenvalue weighted by atomic mass is 10.1. The standard InChI is InChI=1S/C15H12ClN3O3S/c1-23(21,22)12-6-7-14(17-8-12)19-15(20)13(9-18-19)10-2-4-11(16)5-3-10/h2-9,18H,1H3. The molecule has 0 unspecified atom stereocenters. The second-order valence-electron chi connectivity index (χ2n) is 4.96. The average molecular weight is 350 g/mol. The van der Waals surface area contributed by atoms with Gasteiger partial charge in [-0.25, -0.2) is 18.1 Å². The molecule has 118 valence electrons. The van der Waals surface area contributed by atoms with Gasteiger partial charge >= 0.3 is 0 Å². The highest BCUT2D eigenvalue weighted by Gasteiger charge is 2.12. The molecule has 1 N–H and O–H groups in total. The van der Waals surface area contributed by atoms with Crippen molar-refractivity contribution in [2.75, 3.05) is 6.26 Å². The van der Waals surface area contributed by atoms with Crippen LogP contribution in [0.1, 0.15) is 0 Å². The lowest BCUT2D eigenvalue weighted by molar-refractivity contribution is 0.601. The summed E-state index contributed by atoms with van der Waals surface area (Å²) < 4.78 is 24.1. The molecule has 0 aliphatic heterocycles. The summed E-state index contributed by atoms with van der Waals surface area (Å²) in [6.45, 7) is 0. The lowest BCUT2D eigenvalue weighted by Crippen LogP contribution is -2.17. The number of benzene rings is 1. The number of pyridine rings is 1. The number of aromatic amines is 1. The van der Waals surface area contributed by atoms with Crippen LogP contribution in [0.4, 0.5) is 0 Å². The zero-order valence-electron chi connectivity index (χ0n) is 12.0. The van der Waals surface area contributed by atoms with E-state index in [0.29, 0.717) is 16.4 Å². The number of nitrogens with one attached hydrogen (secondary N) is 1. The van der Waals surface area contributed by atoms with Gasteiger partial charge in [-0.05, 0) is 29.8 Å². The zero-order chi connectivity index (χ0) is 16.6. The van der Waals surface area contributed by atoms with Gasteiger partial charge in [-0.2, -0.15) is 0 Å². The number of aromatic nitrogens is 3. The molecule has 0 amide bonds. The molecule has 0 bridgehead atoms. The van der Waals surface area contributed by atoms with Gasteiger partial charge in [0.25, 0.3) is 5.56 Å². The molecule has 3 aromatic rings. The van der Waals surface area contributed by atoms with Crippen molar-refractivity contribution in [3.63, 3.8) is 0 Å². The van der Waals surface area contributed by atoms with Crippen LogP contribution in [0.2, 0.25) is 5.02 Å². The maximum Gasteiger partial charge on any atom is 0.280 e. The fourth-order valence-electron chi connectivity index (χ4n) is 2.10. The smallest absolute Gasteiger partial charge is 0.280 e. The molecule has 3 rings (SSSR count). The summed E-state index contributed by atoms with van der Waals surface area (Å²) in [7, 11) is -3.33. The Balaban J connectivity index is 2.02. The molecule has 0 saturated carbocycles. The number of hydrogen-bond acceptors (Lipinski definition) is 4. The molecular weight excluding hydrogens is 338 g/mol. The maximum atomic E-state index is 12.5. The third-order valence-electron chi connectivity index (χ3n) is 3.30. The van der Waals surface area contributed by atoms with E-state index in [0.717, 1.165) is 11.8 Å². The van der Waals surface area contributed by atoms with Gasteiger partial charge in [-0.15, -0.1) is 0 Å². The van der Waals surface area contributed by atoms with Crippen molar-refractivity contribution in [1.82, 2.24) is 14.8 Å². The second kappa shape index (κ2) is 5.68. The van der Waals surface area contributed by atoms with Crippen LogP contribution in [0, 0.1) is 0 Å². The van der Waals surface area contributed by atoms with Crippen LogP contribution in [-0.4, -0.2) is 29.4 Å². The first-order chi connectivity index (χ1) is 10.9. The number of rotatable bonds is 3. The first kappa shape index (κ1) is 15.5. The van der Waals surface area contributed by atoms with Gasteiger partial charge in [0, 0.05) is 23.7 Å². The van der Waals surface area contributed by atoms with E-state index in [1.54, 1.807) is 30.5 Å². The normalized spacial score (nSPS) is 11.6. The Hall–Kier alpha value is -2.38. The molecule has 0 fully saturated rings. The first-order valence-corrected chi connectivity index (χ1v) is 8.86. The van der Waals surface area contributed by atoms with Crippen LogP contribution in [0.3, 0.4) is 0 Å². The highest BCUT2D eigenvalue weighted by Crippen LogP contribution is 2.18. The van der Waals surface area contributed by atoms with Crippen molar-refractivity contribution in [2.45, 2.75) is 4.90 Å². The van der Waals surface area contributed by atoms with Crippen molar-refractivity contribution in [3.05, 3.63) is 64.2 Å². The Kier molecular flexibility index (Phi) is 3.83. The van der Waals surface area contributed by atoms with Gasteiger partial charge in [0.05, 0.1) is 10.5 Å². The molecule has 6 nitrogen and oxygen atoms in total. The minimum Gasteiger partial charge on any atom is -0.296 e. The number of H-pyrrole nitrogens is 1. The van der Waals surface area contributed by atoms with Gasteiger partial charge in [-0.3, -0.25) is 9.89 Å². The largest absolute Gasteiger partial charge is 0.296 e. The highest BCUT2D eigenvalue weighted by atomic mass is 35.5. The average Bonchev–Trinajstić information content (AvgIpc) is 2.89. The number of sulfone groups is 1. The van der Waals surface area contributed by atoms with Crippen molar-refractivity contribution >= 4 is 21.4 Å². The van der Waals surface area contributed by atoms with Crippen LogP contribution in [-0.2, 0) is 9.84 Å². The molecule has 0 aliphatic carbocycles. The minimum atomic E-state index is -3.33. The monoisotopic (exact) mass is 349 g/mol. The number of halogens is 1. The van der Waals surface area contributed by atoms with E-state index in [1.807, 2.05) is 0 Å². The van der Waals surface area contributed by atoms with Crippen molar-refractivity contribution in [1.29, 1.82) is 0 Å². The fraction of sp³-hybridized carbons (Fsp3) is 0.0667. The third kappa shape index (κ3) is 3.06. The Bertz CT molecular complexity index is 1000. The molecule has 2 aromatic heterocycles. The van der Waals surface area contributed by atoms with Gasteiger partial charge in [-0.1, -0.05) is 23.7 Å². The molecule has 0 saturated heterocycles. The maximum absolute atomic E-state index is 12.5. The minimum absolute atomic E-state index is 0.0961. The van der Waals surface area contributed by atoms with E-state index >= 15 is 0 Å². The van der Waals surface area contributed by atoms with E-state index in [-0.39, 0.29) is 10.5 Å². The van der Waals surface area contributed by atoms with Crippen LogP contribution in [0.25, 0.3) is 16.9 Å². The third-order valence-corrected chi connectivity index (χ3v) is 4.65. The summed E-state index contributed by atoms with van der Waals surface area (Å²) in [6, 6.07) is 9.78. The van der Waals surface area contributed by atoms with Crippen molar-refractivity contribution < 1.29 is 8.42 Å². The van der Waals surface area contributed by atoms with E-state index in [9.17, 15) is 13.2 Å². The molecule has 0 atom stereocenters. The van der Waals surface area contributed by atoms with E-state index in [2.05, 4.69) is 10.1 Å². The van der Waals surface area contributed by atoms with E-state index in [4.69, 9.17) is 11.6 Å². The van der Waals surface area contributed by atoms with Crippen LogP contribution < -0.4 is 5.56 Å². The molecule has 8 heteroatoms. The summed E-state index contributed by atoms with van der Waals surface area (Å²) in [5.41, 5.74) is 0.907. The Labute approximate surface area is 137 Å². The zero-order valence-corrected chi connectivity index (χ0v) is 13.6. The summed E-state index contributed by atoms with van der Waals surface area (Å²) in [4.78, 5) is 16.6. The topological polar surface area (TPSA) is 84.8 Å². The molecule has 0 radical (unpaired) electrons. The van der Waals surface area contributed by atoms with E-state index in [1.165, 1.54) is 23.0 Å². The van der Waals surface area contributed by atoms with Crippen LogP contribution in [0.15, 0.2) is 58.5 Å². The quantitative estimate of drug-likeness (QED) is 0.786. The number of hydrogen-bond donors (Lipinski definition) is 1. The lowest BCUT2D eigenvalue weighted by Gasteiger charge is -2.02. The van der Waals surface area contributed by atoms with Crippen LogP contribution >= 0.6 is 11.6 Å². The van der Waals surface area contributed by atoms with Gasteiger partial charge in [0.1, 0.15) is 0 Å². The molecule has 2 heterocycles. The van der Waals surface area contributed by atoms with Crippen molar-refractivity contribution in [3.8, 4) is 16.9 Å². The SMILES string of the molecule is CS(=O)(=O)c1ccc(-n2[nH]cc(-c3ccc(Cl)cc3)c2=O)nc1. The highest BCUT2D eigenvalue weighted by molar-refractivity contribution is 7.90. The first-order valence-electron chi connectivity index (χ1n) is 6.59.